The predicted molar refractivity (Wildman–Crippen MR) is 139 cm³/mol. The van der Waals surface area contributed by atoms with Gasteiger partial charge in [-0.2, -0.15) is 0 Å². The summed E-state index contributed by atoms with van der Waals surface area (Å²) >= 11 is 0. The standard InChI is InChI=1S/C27H33F2N7O/c1-17-12-34(10-9-27(17,28)29)13-21-14-36-23(24(32-21)19-7-8-19)15-35(26(36)37)22-6-4-5-20(11-22)18(2)25(31)33(3)16-30/h4-6,11,14-19,30-31H,7-10,12-13H2,1-3H3/t17-,18+/m1/s1. The summed E-state index contributed by atoms with van der Waals surface area (Å²) in [5.41, 5.74) is 3.73. The smallest absolute Gasteiger partial charge is 0.324 e. The highest BCUT2D eigenvalue weighted by molar-refractivity contribution is 5.93. The zero-order valence-corrected chi connectivity index (χ0v) is 21.4. The van der Waals surface area contributed by atoms with Crippen LogP contribution in [-0.2, 0) is 6.54 Å². The molecule has 3 heterocycles. The van der Waals surface area contributed by atoms with Crippen LogP contribution in [0.3, 0.4) is 0 Å². The molecule has 2 fully saturated rings. The van der Waals surface area contributed by atoms with Crippen molar-refractivity contribution >= 4 is 17.7 Å². The van der Waals surface area contributed by atoms with E-state index >= 15 is 0 Å². The van der Waals surface area contributed by atoms with Crippen molar-refractivity contribution in [1.82, 2.24) is 23.8 Å². The fraction of sp³-hybridized carbons (Fsp3) is 0.481. The van der Waals surface area contributed by atoms with Gasteiger partial charge in [0.1, 0.15) is 5.84 Å². The van der Waals surface area contributed by atoms with E-state index in [1.165, 1.54) is 4.90 Å². The van der Waals surface area contributed by atoms with Crippen LogP contribution >= 0.6 is 0 Å². The number of alkyl halides is 2. The van der Waals surface area contributed by atoms with Crippen LogP contribution in [0.15, 0.2) is 41.5 Å². The third kappa shape index (κ3) is 4.82. The van der Waals surface area contributed by atoms with E-state index in [0.717, 1.165) is 41.6 Å². The molecular weight excluding hydrogens is 476 g/mol. The van der Waals surface area contributed by atoms with Gasteiger partial charge in [0.25, 0.3) is 5.92 Å². The van der Waals surface area contributed by atoms with Crippen molar-refractivity contribution in [2.24, 2.45) is 5.92 Å². The molecule has 1 saturated carbocycles. The maximum atomic E-state index is 14.0. The molecule has 5 rings (SSSR count). The number of likely N-dealkylation sites (tertiary alicyclic amines) is 1. The molecule has 0 bridgehead atoms. The molecule has 3 aromatic rings. The van der Waals surface area contributed by atoms with Gasteiger partial charge in [0.2, 0.25) is 0 Å². The Morgan fingerprint density at radius 2 is 2.08 bits per heavy atom. The fourth-order valence-corrected chi connectivity index (χ4v) is 5.10. The van der Waals surface area contributed by atoms with Gasteiger partial charge in [-0.3, -0.25) is 29.7 Å². The van der Waals surface area contributed by atoms with E-state index in [0.29, 0.717) is 31.2 Å². The number of amidine groups is 1. The number of fused-ring (bicyclic) bond motifs is 1. The minimum Gasteiger partial charge on any atom is -0.324 e. The lowest BCUT2D eigenvalue weighted by atomic mass is 9.95. The monoisotopic (exact) mass is 509 g/mol. The second-order valence-electron chi connectivity index (χ2n) is 10.5. The fourth-order valence-electron chi connectivity index (χ4n) is 5.10. The van der Waals surface area contributed by atoms with Crippen LogP contribution in [0, 0.1) is 16.7 Å². The maximum Gasteiger partial charge on any atom is 0.337 e. The number of halogens is 2. The summed E-state index contributed by atoms with van der Waals surface area (Å²) in [6.45, 7) is 4.53. The van der Waals surface area contributed by atoms with Crippen LogP contribution < -0.4 is 5.69 Å². The molecule has 37 heavy (non-hydrogen) atoms. The molecule has 2 atom stereocenters. The molecule has 1 aliphatic heterocycles. The first-order valence-electron chi connectivity index (χ1n) is 12.7. The number of nitrogens with one attached hydrogen (secondary N) is 2. The second kappa shape index (κ2) is 9.48. The average molecular weight is 510 g/mol. The molecule has 0 unspecified atom stereocenters. The minimum atomic E-state index is -2.64. The van der Waals surface area contributed by atoms with Gasteiger partial charge in [-0.1, -0.05) is 26.0 Å². The van der Waals surface area contributed by atoms with Gasteiger partial charge in [-0.15, -0.1) is 0 Å². The van der Waals surface area contributed by atoms with Gasteiger partial charge in [-0.25, -0.2) is 13.6 Å². The quantitative estimate of drug-likeness (QED) is 0.363. The predicted octanol–water partition coefficient (Wildman–Crippen LogP) is 4.46. The molecular formula is C27H33F2N7O. The number of hydrogen-bond donors (Lipinski definition) is 2. The molecule has 0 amide bonds. The summed E-state index contributed by atoms with van der Waals surface area (Å²) < 4.78 is 31.2. The van der Waals surface area contributed by atoms with Crippen molar-refractivity contribution in [3.8, 4) is 5.69 Å². The van der Waals surface area contributed by atoms with E-state index in [2.05, 4.69) is 0 Å². The number of imidazole rings is 1. The summed E-state index contributed by atoms with van der Waals surface area (Å²) in [5.74, 6) is -3.02. The van der Waals surface area contributed by atoms with Crippen LogP contribution in [0.4, 0.5) is 8.78 Å². The van der Waals surface area contributed by atoms with E-state index in [1.54, 1.807) is 29.1 Å². The number of piperidine rings is 1. The zero-order chi connectivity index (χ0) is 26.5. The van der Waals surface area contributed by atoms with Crippen LogP contribution in [-0.4, -0.2) is 62.0 Å². The van der Waals surface area contributed by atoms with E-state index in [-0.39, 0.29) is 23.9 Å². The Morgan fingerprint density at radius 1 is 1.32 bits per heavy atom. The van der Waals surface area contributed by atoms with Gasteiger partial charge in [0.05, 0.1) is 28.9 Å². The lowest BCUT2D eigenvalue weighted by Gasteiger charge is -2.36. The first-order chi connectivity index (χ1) is 17.6. The van der Waals surface area contributed by atoms with Crippen molar-refractivity contribution in [2.45, 2.75) is 57.4 Å². The summed E-state index contributed by atoms with van der Waals surface area (Å²) in [4.78, 5) is 21.9. The van der Waals surface area contributed by atoms with Crippen molar-refractivity contribution in [3.05, 3.63) is 64.1 Å². The molecule has 0 spiro atoms. The third-order valence-corrected chi connectivity index (χ3v) is 7.72. The summed E-state index contributed by atoms with van der Waals surface area (Å²) in [5, 5.41) is 15.8. The van der Waals surface area contributed by atoms with E-state index in [4.69, 9.17) is 15.8 Å². The van der Waals surface area contributed by atoms with Gasteiger partial charge < -0.3 is 4.90 Å². The van der Waals surface area contributed by atoms with Crippen molar-refractivity contribution in [2.75, 3.05) is 20.1 Å². The Labute approximate surface area is 214 Å². The van der Waals surface area contributed by atoms with Crippen LogP contribution in [0.25, 0.3) is 11.2 Å². The molecule has 8 nitrogen and oxygen atoms in total. The Hall–Kier alpha value is -3.40. The lowest BCUT2D eigenvalue weighted by Crippen LogP contribution is -2.45. The number of likely N-dealkylation sites (N-methyl/N-ethyl adjacent to an activating group) is 1. The Morgan fingerprint density at radius 3 is 2.76 bits per heavy atom. The Bertz CT molecular complexity index is 1410. The Balaban J connectivity index is 1.49. The third-order valence-electron chi connectivity index (χ3n) is 7.72. The average Bonchev–Trinajstić information content (AvgIpc) is 3.68. The highest BCUT2D eigenvalue weighted by atomic mass is 19.3. The second-order valence-corrected chi connectivity index (χ2v) is 10.5. The van der Waals surface area contributed by atoms with Crippen molar-refractivity contribution in [1.29, 1.82) is 10.8 Å². The zero-order valence-electron chi connectivity index (χ0n) is 21.4. The van der Waals surface area contributed by atoms with Crippen LogP contribution in [0.2, 0.25) is 0 Å². The highest BCUT2D eigenvalue weighted by Gasteiger charge is 2.41. The molecule has 196 valence electrons. The highest BCUT2D eigenvalue weighted by Crippen LogP contribution is 2.41. The van der Waals surface area contributed by atoms with Crippen LogP contribution in [0.5, 0.6) is 0 Å². The number of nitrogens with zero attached hydrogens (tertiary/aromatic N) is 5. The SMILES string of the molecule is C[C@H](C(=N)N(C)C=N)c1cccc(-n2cc3c(C4CC4)nc(CN4CCC(F)(F)[C@H](C)C4)cn3c2=O)c1. The van der Waals surface area contributed by atoms with E-state index < -0.39 is 11.8 Å². The Kier molecular flexibility index (Phi) is 6.47. The molecule has 2 aromatic heterocycles. The van der Waals surface area contributed by atoms with E-state index in [9.17, 15) is 13.6 Å². The van der Waals surface area contributed by atoms with Gasteiger partial charge >= 0.3 is 5.69 Å². The lowest BCUT2D eigenvalue weighted by molar-refractivity contribution is -0.100. The van der Waals surface area contributed by atoms with Crippen molar-refractivity contribution < 1.29 is 8.78 Å². The summed E-state index contributed by atoms with van der Waals surface area (Å²) in [6.07, 6.45) is 6.56. The number of rotatable bonds is 7. The summed E-state index contributed by atoms with van der Waals surface area (Å²) in [6, 6.07) is 7.55. The first kappa shape index (κ1) is 25.3. The van der Waals surface area contributed by atoms with Gasteiger partial charge in [0.15, 0.2) is 0 Å². The number of aromatic nitrogens is 3. The van der Waals surface area contributed by atoms with Crippen LogP contribution in [0.1, 0.15) is 61.9 Å². The normalized spacial score (nSPS) is 20.6. The van der Waals surface area contributed by atoms with Crippen molar-refractivity contribution in [3.63, 3.8) is 0 Å². The van der Waals surface area contributed by atoms with Gasteiger partial charge in [0, 0.05) is 63.3 Å². The summed E-state index contributed by atoms with van der Waals surface area (Å²) in [7, 11) is 1.67. The molecule has 1 saturated heterocycles. The first-order valence-corrected chi connectivity index (χ1v) is 12.7. The number of hydrogen-bond acceptors (Lipinski definition) is 5. The molecule has 2 N–H and O–H groups in total. The molecule has 0 radical (unpaired) electrons. The number of benzene rings is 1. The minimum absolute atomic E-state index is 0.163. The maximum absolute atomic E-state index is 14.0. The largest absolute Gasteiger partial charge is 0.337 e. The molecule has 2 aliphatic rings. The molecule has 1 aromatic carbocycles. The molecule has 10 heteroatoms. The molecule has 1 aliphatic carbocycles. The van der Waals surface area contributed by atoms with E-state index in [1.807, 2.05) is 42.3 Å². The topological polar surface area (TPSA) is 93.5 Å². The van der Waals surface area contributed by atoms with Gasteiger partial charge in [-0.05, 0) is 30.5 Å².